The normalized spacial score (nSPS) is 36.9. The first kappa shape index (κ1) is 39.8. The van der Waals surface area contributed by atoms with Gasteiger partial charge in [0.25, 0.3) is 0 Å². The Labute approximate surface area is 317 Å². The molecule has 0 radical (unpaired) electrons. The van der Waals surface area contributed by atoms with Crippen LogP contribution in [0.1, 0.15) is 76.3 Å². The van der Waals surface area contributed by atoms with E-state index in [1.165, 1.54) is 23.1 Å². The van der Waals surface area contributed by atoms with Crippen molar-refractivity contribution in [1.82, 2.24) is 10.6 Å². The molecule has 2 fully saturated rings. The smallest absolute Gasteiger partial charge is 0.145 e. The van der Waals surface area contributed by atoms with Crippen LogP contribution in [-0.4, -0.2) is 77.8 Å². The number of aldehydes is 1. The number of nitrogens with one attached hydrogen (secondary N) is 2. The highest BCUT2D eigenvalue weighted by Crippen LogP contribution is 2.67. The Balaban J connectivity index is 1.31. The number of fused-ring (bicyclic) bond motifs is 6. The van der Waals surface area contributed by atoms with E-state index in [-0.39, 0.29) is 42.8 Å². The number of benzene rings is 1. The van der Waals surface area contributed by atoms with Gasteiger partial charge < -0.3 is 31.1 Å². The number of carbonyl (C=O) groups excluding carboxylic acids is 1. The Morgan fingerprint density at radius 3 is 2.66 bits per heavy atom. The monoisotopic (exact) mass is 724 g/mol. The summed E-state index contributed by atoms with van der Waals surface area (Å²) in [7, 11) is 1.87. The number of aliphatic hydroxyl groups excluding tert-OH is 3. The summed E-state index contributed by atoms with van der Waals surface area (Å²) in [6.45, 7) is 10.0. The summed E-state index contributed by atoms with van der Waals surface area (Å²) in [5.41, 5.74) is 5.47. The maximum atomic E-state index is 12.8. The topological polar surface area (TPSA) is 122 Å². The Hall–Kier alpha value is -2.91. The molecule has 7 heteroatoms. The van der Waals surface area contributed by atoms with Crippen LogP contribution < -0.4 is 10.6 Å². The first-order valence-electron chi connectivity index (χ1n) is 20.3. The second-order valence-electron chi connectivity index (χ2n) is 17.0. The van der Waals surface area contributed by atoms with Crippen molar-refractivity contribution < 1.29 is 25.2 Å². The molecule has 1 spiro atoms. The first-order valence-corrected chi connectivity index (χ1v) is 20.3. The van der Waals surface area contributed by atoms with Crippen LogP contribution in [0.5, 0.6) is 0 Å². The second kappa shape index (κ2) is 17.3. The molecule has 0 aromatic heterocycles. The fraction of sp³-hybridized carbons (Fsp3) is 0.587. The first-order chi connectivity index (χ1) is 25.6. The van der Waals surface area contributed by atoms with Crippen LogP contribution in [0.15, 0.2) is 95.2 Å². The van der Waals surface area contributed by atoms with Crippen molar-refractivity contribution in [2.24, 2.45) is 40.9 Å². The highest BCUT2D eigenvalue weighted by Gasteiger charge is 2.68. The zero-order chi connectivity index (χ0) is 37.8. The molecule has 53 heavy (non-hydrogen) atoms. The molecule has 6 bridgehead atoms. The van der Waals surface area contributed by atoms with Gasteiger partial charge in [-0.25, -0.2) is 0 Å². The minimum Gasteiger partial charge on any atom is -0.396 e. The third kappa shape index (κ3) is 7.94. The lowest BCUT2D eigenvalue weighted by Crippen LogP contribution is -2.65. The molecular formula is C46H64N2O5. The average molecular weight is 725 g/mol. The predicted octanol–water partition coefficient (Wildman–Crippen LogP) is 5.95. The fourth-order valence-electron chi connectivity index (χ4n) is 11.3. The highest BCUT2D eigenvalue weighted by molar-refractivity contribution is 5.74. The summed E-state index contributed by atoms with van der Waals surface area (Å²) in [6, 6.07) is 9.41. The minimum absolute atomic E-state index is 0.0227. The largest absolute Gasteiger partial charge is 0.396 e. The van der Waals surface area contributed by atoms with E-state index in [2.05, 4.69) is 72.7 Å². The number of allylic oxidation sites excluding steroid dienone is 9. The van der Waals surface area contributed by atoms with E-state index in [4.69, 9.17) is 0 Å². The lowest BCUT2D eigenvalue weighted by Gasteiger charge is -2.61. The van der Waals surface area contributed by atoms with Crippen LogP contribution in [0.25, 0.3) is 0 Å². The van der Waals surface area contributed by atoms with Crippen molar-refractivity contribution in [3.05, 3.63) is 106 Å². The summed E-state index contributed by atoms with van der Waals surface area (Å²) >= 11 is 0. The summed E-state index contributed by atoms with van der Waals surface area (Å²) in [6.07, 6.45) is 20.7. The van der Waals surface area contributed by atoms with Crippen molar-refractivity contribution in [3.63, 3.8) is 0 Å². The van der Waals surface area contributed by atoms with Gasteiger partial charge in [-0.05, 0) is 138 Å². The zero-order valence-electron chi connectivity index (χ0n) is 32.3. The van der Waals surface area contributed by atoms with Crippen molar-refractivity contribution in [2.45, 2.75) is 95.8 Å². The SMILES string of the molecule is C=C(/C=C/C=C(/CO)[C@@H]1CC[C@]2([C@@H]1O)[C@@H]1C(=C(C)C=O)[C@@H](C=C[C@H]1CCO)C[C@]2(O)CCNC)[C@@H]1Cc2cccc(c2)C[C@@H](C)NCC2=C[C@@H]1CCC2. The molecule has 288 valence electrons. The van der Waals surface area contributed by atoms with Gasteiger partial charge in [0.15, 0.2) is 0 Å². The number of hydrogen-bond acceptors (Lipinski definition) is 7. The van der Waals surface area contributed by atoms with Crippen molar-refractivity contribution in [2.75, 3.05) is 33.4 Å². The Kier molecular flexibility index (Phi) is 13.0. The van der Waals surface area contributed by atoms with Gasteiger partial charge in [0.2, 0.25) is 0 Å². The summed E-state index contributed by atoms with van der Waals surface area (Å²) in [5, 5.41) is 53.3. The quantitative estimate of drug-likeness (QED) is 0.0722. The van der Waals surface area contributed by atoms with E-state index in [1.807, 2.05) is 26.1 Å². The van der Waals surface area contributed by atoms with Crippen LogP contribution in [0, 0.1) is 40.9 Å². The molecule has 1 aromatic rings. The van der Waals surface area contributed by atoms with Gasteiger partial charge in [-0.3, -0.25) is 4.79 Å². The van der Waals surface area contributed by atoms with Gasteiger partial charge in [-0.1, -0.05) is 84.0 Å². The molecule has 7 nitrogen and oxygen atoms in total. The van der Waals surface area contributed by atoms with Crippen molar-refractivity contribution in [1.29, 1.82) is 0 Å². The van der Waals surface area contributed by atoms with Crippen LogP contribution >= 0.6 is 0 Å². The maximum Gasteiger partial charge on any atom is 0.145 e. The Bertz CT molecular complexity index is 1640. The predicted molar refractivity (Wildman–Crippen MR) is 213 cm³/mol. The number of rotatable bonds is 11. The van der Waals surface area contributed by atoms with Gasteiger partial charge in [-0.15, -0.1) is 0 Å². The molecule has 2 saturated carbocycles. The molecule has 1 aromatic carbocycles. The van der Waals surface area contributed by atoms with Crippen LogP contribution in [0.2, 0.25) is 0 Å². The second-order valence-corrected chi connectivity index (χ2v) is 17.0. The molecule has 6 N–H and O–H groups in total. The van der Waals surface area contributed by atoms with Gasteiger partial charge in [0.05, 0.1) is 18.3 Å². The van der Waals surface area contributed by atoms with Crippen LogP contribution in [-0.2, 0) is 17.6 Å². The zero-order valence-corrected chi connectivity index (χ0v) is 32.3. The Morgan fingerprint density at radius 1 is 1.13 bits per heavy atom. The van der Waals surface area contributed by atoms with E-state index in [0.29, 0.717) is 56.2 Å². The van der Waals surface area contributed by atoms with Gasteiger partial charge >= 0.3 is 0 Å². The van der Waals surface area contributed by atoms with Gasteiger partial charge in [0, 0.05) is 36.4 Å². The molecule has 0 unspecified atom stereocenters. The number of aliphatic hydroxyl groups is 4. The summed E-state index contributed by atoms with van der Waals surface area (Å²) in [4.78, 5) is 12.3. The molecule has 6 rings (SSSR count). The fourth-order valence-corrected chi connectivity index (χ4v) is 11.3. The molecule has 1 aliphatic heterocycles. The highest BCUT2D eigenvalue weighted by atomic mass is 16.3. The van der Waals surface area contributed by atoms with E-state index in [0.717, 1.165) is 55.2 Å². The third-order valence-corrected chi connectivity index (χ3v) is 13.8. The average Bonchev–Trinajstić information content (AvgIpc) is 3.50. The standard InChI is InChI=1S/C46H64N2O5/c1-30(41-25-34-10-6-9-33(23-34)22-32(3)48-27-35-11-7-12-37(41)24-35)8-5-13-39(29-51)40-16-18-46(44(40)52)43-36(17-21-49)14-15-38(42(43)31(2)28-50)26-45(46,53)19-20-47-4/h5-6,8-10,13-15,23-24,28,32,36-38,40-41,43-44,47-49,51-53H,1,7,11-12,16-22,25-27,29H2,2-4H3/b8-5+,39-13-,42-31?/t32-,36+,37+,38+,40+,41+,43+,44-,45-,46-/m1/s1. The van der Waals surface area contributed by atoms with Gasteiger partial charge in [-0.2, -0.15) is 0 Å². The van der Waals surface area contributed by atoms with E-state index in [1.54, 1.807) is 0 Å². The maximum absolute atomic E-state index is 12.8. The summed E-state index contributed by atoms with van der Waals surface area (Å²) in [5.74, 6) is -0.252. The lowest BCUT2D eigenvalue weighted by atomic mass is 9.45. The number of carbonyl (C=O) groups is 1. The van der Waals surface area contributed by atoms with Crippen LogP contribution in [0.3, 0.4) is 0 Å². The number of hydrogen-bond donors (Lipinski definition) is 6. The van der Waals surface area contributed by atoms with Crippen LogP contribution in [0.4, 0.5) is 0 Å². The van der Waals surface area contributed by atoms with Crippen molar-refractivity contribution >= 4 is 6.29 Å². The molecule has 4 aliphatic carbocycles. The summed E-state index contributed by atoms with van der Waals surface area (Å²) < 4.78 is 0. The molecule has 0 saturated heterocycles. The molecule has 0 amide bonds. The van der Waals surface area contributed by atoms with Gasteiger partial charge in [0.1, 0.15) is 6.29 Å². The molecule has 1 heterocycles. The van der Waals surface area contributed by atoms with E-state index in [9.17, 15) is 25.2 Å². The lowest BCUT2D eigenvalue weighted by molar-refractivity contribution is -0.194. The Morgan fingerprint density at radius 2 is 1.92 bits per heavy atom. The van der Waals surface area contributed by atoms with Crippen molar-refractivity contribution in [3.8, 4) is 0 Å². The minimum atomic E-state index is -1.21. The van der Waals surface area contributed by atoms with E-state index < -0.39 is 17.1 Å². The van der Waals surface area contributed by atoms with E-state index >= 15 is 0 Å². The molecule has 10 atom stereocenters. The molecular weight excluding hydrogens is 661 g/mol. The molecule has 5 aliphatic rings. The third-order valence-electron chi connectivity index (χ3n) is 13.8.